The second kappa shape index (κ2) is 6.03. The summed E-state index contributed by atoms with van der Waals surface area (Å²) in [7, 11) is 0. The van der Waals surface area contributed by atoms with Gasteiger partial charge in [0.25, 0.3) is 5.91 Å². The van der Waals surface area contributed by atoms with Crippen LogP contribution in [0.4, 0.5) is 5.69 Å². The Hall–Kier alpha value is -1.32. The van der Waals surface area contributed by atoms with E-state index in [1.54, 1.807) is 12.1 Å². The normalized spacial score (nSPS) is 10.1. The lowest BCUT2D eigenvalue weighted by molar-refractivity contribution is 0.102. The number of benzene rings is 2. The van der Waals surface area contributed by atoms with Gasteiger partial charge in [0, 0.05) is 21.6 Å². The molecule has 1 amide bonds. The SMILES string of the molecule is O=C(Nc1cccc(Br)c1)c1cccc(CCl)c1. The van der Waals surface area contributed by atoms with Gasteiger partial charge in [0.1, 0.15) is 0 Å². The first kappa shape index (κ1) is 13.1. The molecule has 4 heteroatoms. The highest BCUT2D eigenvalue weighted by Crippen LogP contribution is 2.17. The summed E-state index contributed by atoms with van der Waals surface area (Å²) in [6.45, 7) is 0. The van der Waals surface area contributed by atoms with Crippen LogP contribution in [0.5, 0.6) is 0 Å². The Morgan fingerprint density at radius 1 is 1.17 bits per heavy atom. The summed E-state index contributed by atoms with van der Waals surface area (Å²) in [5, 5.41) is 2.84. The van der Waals surface area contributed by atoms with Crippen LogP contribution in [0.1, 0.15) is 15.9 Å². The van der Waals surface area contributed by atoms with Gasteiger partial charge in [-0.2, -0.15) is 0 Å². The molecule has 0 unspecified atom stereocenters. The molecule has 0 spiro atoms. The van der Waals surface area contributed by atoms with Crippen molar-refractivity contribution in [1.29, 1.82) is 0 Å². The zero-order chi connectivity index (χ0) is 13.0. The minimum Gasteiger partial charge on any atom is -0.322 e. The van der Waals surface area contributed by atoms with E-state index in [9.17, 15) is 4.79 Å². The molecule has 2 rings (SSSR count). The predicted molar refractivity (Wildman–Crippen MR) is 78.1 cm³/mol. The molecule has 0 aliphatic heterocycles. The van der Waals surface area contributed by atoms with Gasteiger partial charge in [-0.05, 0) is 35.9 Å². The fourth-order valence-electron chi connectivity index (χ4n) is 1.57. The van der Waals surface area contributed by atoms with Crippen LogP contribution in [-0.2, 0) is 5.88 Å². The van der Waals surface area contributed by atoms with Gasteiger partial charge < -0.3 is 5.32 Å². The number of carbonyl (C=O) groups excluding carboxylic acids is 1. The van der Waals surface area contributed by atoms with E-state index < -0.39 is 0 Å². The van der Waals surface area contributed by atoms with Crippen LogP contribution in [0.15, 0.2) is 53.0 Å². The highest BCUT2D eigenvalue weighted by Gasteiger charge is 2.06. The second-order valence-corrected chi connectivity index (χ2v) is 4.98. The van der Waals surface area contributed by atoms with Crippen LogP contribution >= 0.6 is 27.5 Å². The molecule has 0 atom stereocenters. The van der Waals surface area contributed by atoms with Crippen LogP contribution < -0.4 is 5.32 Å². The molecule has 0 saturated carbocycles. The molecule has 0 radical (unpaired) electrons. The van der Waals surface area contributed by atoms with E-state index in [4.69, 9.17) is 11.6 Å². The molecule has 0 fully saturated rings. The lowest BCUT2D eigenvalue weighted by Gasteiger charge is -2.06. The number of rotatable bonds is 3. The summed E-state index contributed by atoms with van der Waals surface area (Å²) in [6.07, 6.45) is 0. The quantitative estimate of drug-likeness (QED) is 0.831. The third kappa shape index (κ3) is 3.34. The molecule has 0 saturated heterocycles. The largest absolute Gasteiger partial charge is 0.322 e. The lowest BCUT2D eigenvalue weighted by atomic mass is 10.1. The molecule has 0 aromatic heterocycles. The number of nitrogens with one attached hydrogen (secondary N) is 1. The summed E-state index contributed by atoms with van der Waals surface area (Å²) in [4.78, 5) is 12.0. The number of alkyl halides is 1. The third-order valence-corrected chi connectivity index (χ3v) is 3.23. The summed E-state index contributed by atoms with van der Waals surface area (Å²) in [5.74, 6) is 0.262. The molecule has 2 nitrogen and oxygen atoms in total. The molecule has 0 heterocycles. The first-order chi connectivity index (χ1) is 8.69. The average molecular weight is 325 g/mol. The zero-order valence-corrected chi connectivity index (χ0v) is 11.8. The van der Waals surface area contributed by atoms with Crippen molar-refractivity contribution >= 4 is 39.1 Å². The van der Waals surface area contributed by atoms with Gasteiger partial charge >= 0.3 is 0 Å². The molecule has 92 valence electrons. The van der Waals surface area contributed by atoms with Crippen LogP contribution in [0, 0.1) is 0 Å². The Balaban J connectivity index is 2.16. The standard InChI is InChI=1S/C14H11BrClNO/c15-12-5-2-6-13(8-12)17-14(18)11-4-1-3-10(7-11)9-16/h1-8H,9H2,(H,17,18). The van der Waals surface area contributed by atoms with Crippen LogP contribution in [0.3, 0.4) is 0 Å². The van der Waals surface area contributed by atoms with Crippen LogP contribution in [-0.4, -0.2) is 5.91 Å². The van der Waals surface area contributed by atoms with Gasteiger partial charge in [-0.1, -0.05) is 34.1 Å². The molecule has 1 N–H and O–H groups in total. The first-order valence-corrected chi connectivity index (χ1v) is 6.73. The summed E-state index contributed by atoms with van der Waals surface area (Å²) >= 11 is 9.11. The molecule has 2 aromatic rings. The Morgan fingerprint density at radius 3 is 2.67 bits per heavy atom. The summed E-state index contributed by atoms with van der Waals surface area (Å²) in [5.41, 5.74) is 2.29. The highest BCUT2D eigenvalue weighted by molar-refractivity contribution is 9.10. The maximum absolute atomic E-state index is 12.0. The van der Waals surface area contributed by atoms with Crippen molar-refractivity contribution in [3.8, 4) is 0 Å². The maximum atomic E-state index is 12.0. The van der Waals surface area contributed by atoms with Crippen molar-refractivity contribution in [1.82, 2.24) is 0 Å². The Labute approximate surface area is 119 Å². The first-order valence-electron chi connectivity index (χ1n) is 5.41. The van der Waals surface area contributed by atoms with Crippen molar-refractivity contribution < 1.29 is 4.79 Å². The van der Waals surface area contributed by atoms with Crippen molar-refractivity contribution in [3.05, 3.63) is 64.1 Å². The monoisotopic (exact) mass is 323 g/mol. The van der Waals surface area contributed by atoms with Crippen molar-refractivity contribution in [2.45, 2.75) is 5.88 Å². The average Bonchev–Trinajstić information content (AvgIpc) is 2.39. The number of amides is 1. The number of halogens is 2. The van der Waals surface area contributed by atoms with Gasteiger partial charge in [-0.15, -0.1) is 11.6 Å². The molecule has 18 heavy (non-hydrogen) atoms. The smallest absolute Gasteiger partial charge is 0.255 e. The Morgan fingerprint density at radius 2 is 1.94 bits per heavy atom. The predicted octanol–water partition coefficient (Wildman–Crippen LogP) is 4.44. The number of carbonyl (C=O) groups is 1. The van der Waals surface area contributed by atoms with Gasteiger partial charge in [-0.3, -0.25) is 4.79 Å². The lowest BCUT2D eigenvalue weighted by Crippen LogP contribution is -2.11. The topological polar surface area (TPSA) is 29.1 Å². The van der Waals surface area contributed by atoms with E-state index in [1.807, 2.05) is 36.4 Å². The minimum absolute atomic E-state index is 0.139. The number of hydrogen-bond donors (Lipinski definition) is 1. The fourth-order valence-corrected chi connectivity index (χ4v) is 2.13. The minimum atomic E-state index is -0.139. The van der Waals surface area contributed by atoms with Crippen LogP contribution in [0.2, 0.25) is 0 Å². The molecular formula is C14H11BrClNO. The molecule has 0 bridgehead atoms. The number of anilines is 1. The Bertz CT molecular complexity index is 571. The summed E-state index contributed by atoms with van der Waals surface area (Å²) in [6, 6.07) is 14.7. The summed E-state index contributed by atoms with van der Waals surface area (Å²) < 4.78 is 0.926. The van der Waals surface area contributed by atoms with Crippen LogP contribution in [0.25, 0.3) is 0 Å². The third-order valence-electron chi connectivity index (χ3n) is 2.43. The van der Waals surface area contributed by atoms with E-state index in [0.717, 1.165) is 15.7 Å². The van der Waals surface area contributed by atoms with E-state index in [-0.39, 0.29) is 5.91 Å². The molecule has 0 aliphatic carbocycles. The Kier molecular flexibility index (Phi) is 4.39. The van der Waals surface area contributed by atoms with Crippen molar-refractivity contribution in [2.24, 2.45) is 0 Å². The molecule has 0 aliphatic rings. The molecule has 2 aromatic carbocycles. The van der Waals surface area contributed by atoms with Gasteiger partial charge in [0.15, 0.2) is 0 Å². The van der Waals surface area contributed by atoms with Gasteiger partial charge in [0.2, 0.25) is 0 Å². The zero-order valence-electron chi connectivity index (χ0n) is 9.49. The maximum Gasteiger partial charge on any atom is 0.255 e. The van der Waals surface area contributed by atoms with E-state index >= 15 is 0 Å². The van der Waals surface area contributed by atoms with E-state index in [2.05, 4.69) is 21.2 Å². The van der Waals surface area contributed by atoms with Gasteiger partial charge in [-0.25, -0.2) is 0 Å². The highest BCUT2D eigenvalue weighted by atomic mass is 79.9. The van der Waals surface area contributed by atoms with E-state index in [1.165, 1.54) is 0 Å². The fraction of sp³-hybridized carbons (Fsp3) is 0.0714. The second-order valence-electron chi connectivity index (χ2n) is 3.80. The van der Waals surface area contributed by atoms with Crippen molar-refractivity contribution in [2.75, 3.05) is 5.32 Å². The van der Waals surface area contributed by atoms with E-state index in [0.29, 0.717) is 11.4 Å². The molecular weight excluding hydrogens is 314 g/mol. The number of hydrogen-bond acceptors (Lipinski definition) is 1. The van der Waals surface area contributed by atoms with Gasteiger partial charge in [0.05, 0.1) is 0 Å². The van der Waals surface area contributed by atoms with Crippen molar-refractivity contribution in [3.63, 3.8) is 0 Å².